The molecule has 0 radical (unpaired) electrons. The summed E-state index contributed by atoms with van der Waals surface area (Å²) in [5.74, 6) is 0.215. The molecular formula is C14H15FN2O2. The van der Waals surface area contributed by atoms with E-state index in [9.17, 15) is 9.18 Å². The molecule has 5 heteroatoms. The van der Waals surface area contributed by atoms with Gasteiger partial charge in [0, 0.05) is 13.6 Å². The molecule has 0 saturated carbocycles. The van der Waals surface area contributed by atoms with Gasteiger partial charge in [-0.25, -0.2) is 4.39 Å². The zero-order valence-corrected chi connectivity index (χ0v) is 10.6. The summed E-state index contributed by atoms with van der Waals surface area (Å²) in [5, 5.41) is 0. The number of hydrogen-bond acceptors (Lipinski definition) is 3. The fourth-order valence-corrected chi connectivity index (χ4v) is 1.77. The molecule has 0 fully saturated rings. The Labute approximate surface area is 110 Å². The number of benzene rings is 1. The maximum absolute atomic E-state index is 13.1. The Hall–Kier alpha value is -2.14. The van der Waals surface area contributed by atoms with Crippen LogP contribution < -0.4 is 5.73 Å². The summed E-state index contributed by atoms with van der Waals surface area (Å²) in [5.41, 5.74) is 6.14. The van der Waals surface area contributed by atoms with Gasteiger partial charge in [0.05, 0.1) is 6.54 Å². The van der Waals surface area contributed by atoms with E-state index in [1.54, 1.807) is 31.3 Å². The molecule has 0 bridgehead atoms. The van der Waals surface area contributed by atoms with Crippen LogP contribution >= 0.6 is 0 Å². The lowest BCUT2D eigenvalue weighted by Gasteiger charge is -2.15. The van der Waals surface area contributed by atoms with Crippen LogP contribution in [0, 0.1) is 5.82 Å². The van der Waals surface area contributed by atoms with Crippen molar-refractivity contribution in [3.63, 3.8) is 0 Å². The number of halogens is 1. The SMILES string of the molecule is CN(Cc1cccc(F)c1)C(=O)c1ccc(CN)o1. The summed E-state index contributed by atoms with van der Waals surface area (Å²) < 4.78 is 18.3. The standard InChI is InChI=1S/C14H15FN2O2/c1-17(9-10-3-2-4-11(15)7-10)14(18)13-6-5-12(8-16)19-13/h2-7H,8-9,16H2,1H3. The minimum Gasteiger partial charge on any atom is -0.455 e. The summed E-state index contributed by atoms with van der Waals surface area (Å²) in [7, 11) is 1.64. The van der Waals surface area contributed by atoms with Crippen molar-refractivity contribution in [1.82, 2.24) is 4.90 Å². The van der Waals surface area contributed by atoms with Gasteiger partial charge in [0.1, 0.15) is 11.6 Å². The normalized spacial score (nSPS) is 10.5. The van der Waals surface area contributed by atoms with Crippen LogP contribution in [0.3, 0.4) is 0 Å². The predicted molar refractivity (Wildman–Crippen MR) is 68.8 cm³/mol. The molecule has 0 spiro atoms. The molecule has 0 aliphatic rings. The van der Waals surface area contributed by atoms with Crippen molar-refractivity contribution in [3.8, 4) is 0 Å². The monoisotopic (exact) mass is 262 g/mol. The van der Waals surface area contributed by atoms with E-state index < -0.39 is 0 Å². The van der Waals surface area contributed by atoms with Crippen LogP contribution in [0.5, 0.6) is 0 Å². The first-order valence-electron chi connectivity index (χ1n) is 5.89. The van der Waals surface area contributed by atoms with Crippen molar-refractivity contribution in [1.29, 1.82) is 0 Å². The van der Waals surface area contributed by atoms with Crippen molar-refractivity contribution in [2.75, 3.05) is 7.05 Å². The highest BCUT2D eigenvalue weighted by atomic mass is 19.1. The number of rotatable bonds is 4. The Morgan fingerprint density at radius 2 is 2.16 bits per heavy atom. The summed E-state index contributed by atoms with van der Waals surface area (Å²) in [6.07, 6.45) is 0. The lowest BCUT2D eigenvalue weighted by molar-refractivity contribution is 0.0751. The predicted octanol–water partition coefficient (Wildman–Crippen LogP) is 2.15. The van der Waals surface area contributed by atoms with Crippen LogP contribution in [0.15, 0.2) is 40.8 Å². The number of carbonyl (C=O) groups is 1. The van der Waals surface area contributed by atoms with Gasteiger partial charge >= 0.3 is 0 Å². The van der Waals surface area contributed by atoms with E-state index in [0.29, 0.717) is 12.3 Å². The lowest BCUT2D eigenvalue weighted by atomic mass is 10.2. The Morgan fingerprint density at radius 1 is 1.37 bits per heavy atom. The summed E-state index contributed by atoms with van der Waals surface area (Å²) >= 11 is 0. The molecule has 1 amide bonds. The summed E-state index contributed by atoms with van der Waals surface area (Å²) in [4.78, 5) is 13.5. The molecule has 4 nitrogen and oxygen atoms in total. The van der Waals surface area contributed by atoms with Gasteiger partial charge in [-0.1, -0.05) is 12.1 Å². The van der Waals surface area contributed by atoms with Crippen LogP contribution in [0.25, 0.3) is 0 Å². The molecule has 0 aliphatic heterocycles. The zero-order chi connectivity index (χ0) is 13.8. The number of furan rings is 1. The third kappa shape index (κ3) is 3.20. The second-order valence-electron chi connectivity index (χ2n) is 4.26. The first-order chi connectivity index (χ1) is 9.10. The van der Waals surface area contributed by atoms with Gasteiger partial charge in [-0.3, -0.25) is 4.79 Å². The number of hydrogen-bond donors (Lipinski definition) is 1. The highest BCUT2D eigenvalue weighted by molar-refractivity contribution is 5.91. The van der Waals surface area contributed by atoms with E-state index in [2.05, 4.69) is 0 Å². The molecule has 0 saturated heterocycles. The molecule has 0 unspecified atom stereocenters. The maximum Gasteiger partial charge on any atom is 0.289 e. The van der Waals surface area contributed by atoms with Crippen LogP contribution in [-0.2, 0) is 13.1 Å². The van der Waals surface area contributed by atoms with Gasteiger partial charge in [0.2, 0.25) is 0 Å². The molecule has 2 rings (SSSR count). The molecule has 100 valence electrons. The lowest BCUT2D eigenvalue weighted by Crippen LogP contribution is -2.25. The Morgan fingerprint density at radius 3 is 2.79 bits per heavy atom. The average molecular weight is 262 g/mol. The van der Waals surface area contributed by atoms with Crippen LogP contribution in [0.2, 0.25) is 0 Å². The van der Waals surface area contributed by atoms with Gasteiger partial charge in [-0.2, -0.15) is 0 Å². The Kier molecular flexibility index (Phi) is 3.97. The summed E-state index contributed by atoms with van der Waals surface area (Å²) in [6, 6.07) is 9.40. The molecule has 2 N–H and O–H groups in total. The van der Waals surface area contributed by atoms with Crippen molar-refractivity contribution in [3.05, 3.63) is 59.3 Å². The van der Waals surface area contributed by atoms with E-state index in [4.69, 9.17) is 10.2 Å². The molecule has 1 aromatic carbocycles. The van der Waals surface area contributed by atoms with Crippen molar-refractivity contribution >= 4 is 5.91 Å². The van der Waals surface area contributed by atoms with Gasteiger partial charge < -0.3 is 15.1 Å². The van der Waals surface area contributed by atoms with E-state index in [-0.39, 0.29) is 24.0 Å². The van der Waals surface area contributed by atoms with Crippen molar-refractivity contribution in [2.24, 2.45) is 5.73 Å². The fourth-order valence-electron chi connectivity index (χ4n) is 1.77. The van der Waals surface area contributed by atoms with Gasteiger partial charge in [-0.15, -0.1) is 0 Å². The number of nitrogens with zero attached hydrogens (tertiary/aromatic N) is 1. The third-order valence-electron chi connectivity index (χ3n) is 2.73. The van der Waals surface area contributed by atoms with E-state index in [1.807, 2.05) is 0 Å². The smallest absolute Gasteiger partial charge is 0.289 e. The van der Waals surface area contributed by atoms with E-state index in [0.717, 1.165) is 5.56 Å². The molecule has 0 atom stereocenters. The highest BCUT2D eigenvalue weighted by Gasteiger charge is 2.16. The quantitative estimate of drug-likeness (QED) is 0.918. The number of carbonyl (C=O) groups excluding carboxylic acids is 1. The molecule has 19 heavy (non-hydrogen) atoms. The van der Waals surface area contributed by atoms with Gasteiger partial charge in [-0.05, 0) is 29.8 Å². The summed E-state index contributed by atoms with van der Waals surface area (Å²) in [6.45, 7) is 0.566. The zero-order valence-electron chi connectivity index (χ0n) is 10.6. The van der Waals surface area contributed by atoms with Gasteiger partial charge in [0.15, 0.2) is 5.76 Å². The first-order valence-corrected chi connectivity index (χ1v) is 5.89. The fraction of sp³-hybridized carbons (Fsp3) is 0.214. The van der Waals surface area contributed by atoms with Gasteiger partial charge in [0.25, 0.3) is 5.91 Å². The minimum atomic E-state index is -0.318. The maximum atomic E-state index is 13.1. The highest BCUT2D eigenvalue weighted by Crippen LogP contribution is 2.12. The molecule has 1 aromatic heterocycles. The largest absolute Gasteiger partial charge is 0.455 e. The minimum absolute atomic E-state index is 0.236. The van der Waals surface area contributed by atoms with E-state index >= 15 is 0 Å². The van der Waals surface area contributed by atoms with Crippen molar-refractivity contribution < 1.29 is 13.6 Å². The van der Waals surface area contributed by atoms with Crippen LogP contribution in [-0.4, -0.2) is 17.9 Å². The number of nitrogens with two attached hydrogens (primary N) is 1. The van der Waals surface area contributed by atoms with Crippen LogP contribution in [0.1, 0.15) is 21.9 Å². The molecule has 1 heterocycles. The molecule has 2 aromatic rings. The van der Waals surface area contributed by atoms with E-state index in [1.165, 1.54) is 17.0 Å². The molecule has 0 aliphatic carbocycles. The second-order valence-corrected chi connectivity index (χ2v) is 4.26. The first kappa shape index (κ1) is 13.3. The van der Waals surface area contributed by atoms with Crippen molar-refractivity contribution in [2.45, 2.75) is 13.1 Å². The van der Waals surface area contributed by atoms with Crippen LogP contribution in [0.4, 0.5) is 4.39 Å². The number of amides is 1. The average Bonchev–Trinajstić information content (AvgIpc) is 2.86. The second kappa shape index (κ2) is 5.67. The Bertz CT molecular complexity index is 580. The third-order valence-corrected chi connectivity index (χ3v) is 2.73. The topological polar surface area (TPSA) is 59.5 Å². The molecular weight excluding hydrogens is 247 g/mol. The Balaban J connectivity index is 2.07.